The van der Waals surface area contributed by atoms with Gasteiger partial charge < -0.3 is 0 Å². The second-order valence-electron chi connectivity index (χ2n) is 5.30. The predicted octanol–water partition coefficient (Wildman–Crippen LogP) is 3.01. The van der Waals surface area contributed by atoms with Gasteiger partial charge in [-0.1, -0.05) is 20.3 Å². The Bertz CT molecular complexity index is 193. The topological polar surface area (TPSA) is 3.24 Å². The van der Waals surface area contributed by atoms with Crippen molar-refractivity contribution in [3.63, 3.8) is 0 Å². The number of nitrogens with zero attached hydrogens (tertiary/aromatic N) is 1. The molecule has 0 amide bonds. The Labute approximate surface area is 90.4 Å². The zero-order chi connectivity index (χ0) is 10.1. The van der Waals surface area contributed by atoms with Crippen molar-refractivity contribution in [2.75, 3.05) is 19.8 Å². The highest BCUT2D eigenvalue weighted by molar-refractivity contribution is 7.37. The lowest BCUT2D eigenvalue weighted by Crippen LogP contribution is -2.51. The van der Waals surface area contributed by atoms with Crippen LogP contribution in [0.25, 0.3) is 0 Å². The fraction of sp³-hybridized carbons (Fsp3) is 1.00. The molecule has 14 heavy (non-hydrogen) atoms. The van der Waals surface area contributed by atoms with Gasteiger partial charge in [0.15, 0.2) is 0 Å². The molecule has 2 heteroatoms. The van der Waals surface area contributed by atoms with Crippen LogP contribution in [0.1, 0.15) is 33.1 Å². The predicted molar refractivity (Wildman–Crippen MR) is 65.3 cm³/mol. The minimum Gasteiger partial charge on any atom is -0.296 e. The number of hydrogen-bond acceptors (Lipinski definition) is 1. The summed E-state index contributed by atoms with van der Waals surface area (Å²) in [5.41, 5.74) is 0. The van der Waals surface area contributed by atoms with Gasteiger partial charge in [-0.3, -0.25) is 4.90 Å². The molecular weight excluding hydrogens is 189 g/mol. The van der Waals surface area contributed by atoms with Crippen LogP contribution in [0.3, 0.4) is 0 Å². The van der Waals surface area contributed by atoms with Crippen LogP contribution in [0.5, 0.6) is 0 Å². The Morgan fingerprint density at radius 3 is 2.71 bits per heavy atom. The van der Waals surface area contributed by atoms with E-state index in [2.05, 4.69) is 25.4 Å². The van der Waals surface area contributed by atoms with Gasteiger partial charge in [0, 0.05) is 18.9 Å². The molecule has 82 valence electrons. The van der Waals surface area contributed by atoms with Crippen LogP contribution < -0.4 is 0 Å². The second kappa shape index (κ2) is 4.49. The fourth-order valence-corrected chi connectivity index (χ4v) is 5.01. The van der Waals surface area contributed by atoms with E-state index in [1.165, 1.54) is 32.4 Å². The molecule has 2 bridgehead atoms. The van der Waals surface area contributed by atoms with Crippen LogP contribution in [0.4, 0.5) is 0 Å². The van der Waals surface area contributed by atoms with Gasteiger partial charge in [0.25, 0.3) is 0 Å². The maximum absolute atomic E-state index is 2.80. The molecule has 2 aliphatic heterocycles. The summed E-state index contributed by atoms with van der Waals surface area (Å²) in [6, 6.07) is 0. The Hall–Kier alpha value is 0.390. The van der Waals surface area contributed by atoms with Crippen LogP contribution in [0, 0.1) is 17.8 Å². The molecule has 0 aromatic carbocycles. The largest absolute Gasteiger partial charge is 0.296 e. The molecule has 0 aliphatic carbocycles. The fourth-order valence-electron chi connectivity index (χ4n) is 3.59. The minimum atomic E-state index is 0.930. The molecule has 2 aliphatic rings. The molecule has 0 radical (unpaired) electrons. The van der Waals surface area contributed by atoms with E-state index in [4.69, 9.17) is 0 Å². The first-order valence-corrected chi connectivity index (χ1v) is 7.73. The Morgan fingerprint density at radius 1 is 1.29 bits per heavy atom. The Kier molecular flexibility index (Phi) is 3.50. The standard InChI is InChI=1S/C12H24NP/c1-4-11-6-10-5-9(2)7-13(8-10)12(11)14-3/h9-12,14H,4-8H2,1-3H3. The van der Waals surface area contributed by atoms with E-state index in [0.717, 1.165) is 32.1 Å². The normalized spacial score (nSPS) is 48.6. The van der Waals surface area contributed by atoms with Crippen LogP contribution in [-0.4, -0.2) is 30.4 Å². The molecule has 0 spiro atoms. The molecule has 0 aromatic rings. The number of fused-ring (bicyclic) bond motifs is 2. The van der Waals surface area contributed by atoms with Crippen molar-refractivity contribution in [2.24, 2.45) is 17.8 Å². The van der Waals surface area contributed by atoms with E-state index in [0.29, 0.717) is 0 Å². The van der Waals surface area contributed by atoms with Gasteiger partial charge in [-0.2, -0.15) is 0 Å². The molecule has 0 saturated carbocycles. The van der Waals surface area contributed by atoms with Crippen LogP contribution in [0.2, 0.25) is 0 Å². The van der Waals surface area contributed by atoms with Crippen LogP contribution in [0.15, 0.2) is 0 Å². The van der Waals surface area contributed by atoms with Crippen molar-refractivity contribution in [1.82, 2.24) is 4.90 Å². The van der Waals surface area contributed by atoms with E-state index in [-0.39, 0.29) is 0 Å². The van der Waals surface area contributed by atoms with Crippen LogP contribution in [-0.2, 0) is 0 Å². The first-order valence-electron chi connectivity index (χ1n) is 6.15. The first-order chi connectivity index (χ1) is 6.74. The summed E-state index contributed by atoms with van der Waals surface area (Å²) in [6.45, 7) is 9.99. The van der Waals surface area contributed by atoms with Crippen molar-refractivity contribution in [3.8, 4) is 0 Å². The molecule has 6 unspecified atom stereocenters. The highest BCUT2D eigenvalue weighted by Gasteiger charge is 2.38. The summed E-state index contributed by atoms with van der Waals surface area (Å²) in [7, 11) is 1.12. The molecule has 6 atom stereocenters. The summed E-state index contributed by atoms with van der Waals surface area (Å²) in [4.78, 5) is 2.80. The first kappa shape index (κ1) is 10.9. The molecule has 2 rings (SSSR count). The monoisotopic (exact) mass is 213 g/mol. The summed E-state index contributed by atoms with van der Waals surface area (Å²) < 4.78 is 0. The highest BCUT2D eigenvalue weighted by Crippen LogP contribution is 2.42. The van der Waals surface area contributed by atoms with E-state index in [9.17, 15) is 0 Å². The molecule has 2 fully saturated rings. The molecule has 0 N–H and O–H groups in total. The molecule has 1 nitrogen and oxygen atoms in total. The van der Waals surface area contributed by atoms with Gasteiger partial charge in [0.1, 0.15) is 0 Å². The maximum Gasteiger partial charge on any atom is 0.0293 e. The lowest BCUT2D eigenvalue weighted by atomic mass is 9.79. The third-order valence-electron chi connectivity index (χ3n) is 4.07. The van der Waals surface area contributed by atoms with E-state index >= 15 is 0 Å². The second-order valence-corrected chi connectivity index (χ2v) is 6.47. The number of hydrogen-bond donors (Lipinski definition) is 0. The van der Waals surface area contributed by atoms with Gasteiger partial charge in [-0.05, 0) is 37.3 Å². The van der Waals surface area contributed by atoms with E-state index in [1.807, 2.05) is 0 Å². The number of rotatable bonds is 2. The summed E-state index contributed by atoms with van der Waals surface area (Å²) >= 11 is 0. The number of piperidine rings is 2. The van der Waals surface area contributed by atoms with Crippen molar-refractivity contribution in [2.45, 2.75) is 38.9 Å². The lowest BCUT2D eigenvalue weighted by molar-refractivity contribution is 0.0358. The Morgan fingerprint density at radius 2 is 2.07 bits per heavy atom. The van der Waals surface area contributed by atoms with Crippen molar-refractivity contribution >= 4 is 8.58 Å². The molecule has 2 heterocycles. The summed E-state index contributed by atoms with van der Waals surface area (Å²) in [6.07, 6.45) is 4.41. The molecule has 0 aromatic heterocycles. The summed E-state index contributed by atoms with van der Waals surface area (Å²) in [5, 5.41) is 0. The van der Waals surface area contributed by atoms with Crippen molar-refractivity contribution in [3.05, 3.63) is 0 Å². The smallest absolute Gasteiger partial charge is 0.0293 e. The zero-order valence-corrected chi connectivity index (χ0v) is 10.8. The van der Waals surface area contributed by atoms with E-state index in [1.54, 1.807) is 0 Å². The van der Waals surface area contributed by atoms with Crippen LogP contribution >= 0.6 is 8.58 Å². The highest BCUT2D eigenvalue weighted by atomic mass is 31.1. The third-order valence-corrected chi connectivity index (χ3v) is 5.50. The molecule has 2 saturated heterocycles. The van der Waals surface area contributed by atoms with Crippen molar-refractivity contribution < 1.29 is 0 Å². The maximum atomic E-state index is 2.80. The zero-order valence-electron chi connectivity index (χ0n) is 9.79. The minimum absolute atomic E-state index is 0.930. The van der Waals surface area contributed by atoms with E-state index < -0.39 is 0 Å². The van der Waals surface area contributed by atoms with Gasteiger partial charge in [0.2, 0.25) is 0 Å². The van der Waals surface area contributed by atoms with Gasteiger partial charge in [0.05, 0.1) is 0 Å². The average molecular weight is 213 g/mol. The summed E-state index contributed by atoms with van der Waals surface area (Å²) in [5.74, 6) is 3.91. The average Bonchev–Trinajstić information content (AvgIpc) is 2.16. The van der Waals surface area contributed by atoms with Gasteiger partial charge >= 0.3 is 0 Å². The third kappa shape index (κ3) is 1.99. The lowest BCUT2D eigenvalue weighted by Gasteiger charge is -2.49. The van der Waals surface area contributed by atoms with Gasteiger partial charge in [-0.15, -0.1) is 8.58 Å². The SMILES string of the molecule is CCC1CC2CC(C)CN(C2)C1PC. The van der Waals surface area contributed by atoms with Crippen molar-refractivity contribution in [1.29, 1.82) is 0 Å². The quantitative estimate of drug-likeness (QED) is 0.637. The molecular formula is C12H24NP. The van der Waals surface area contributed by atoms with Gasteiger partial charge in [-0.25, -0.2) is 0 Å². The Balaban J connectivity index is 2.07.